The molecule has 0 aliphatic carbocycles. The molecule has 1 aromatic carbocycles. The lowest BCUT2D eigenvalue weighted by Crippen LogP contribution is -2.10. The second-order valence-electron chi connectivity index (χ2n) is 4.05. The Labute approximate surface area is 117 Å². The lowest BCUT2D eigenvalue weighted by atomic mass is 10.3. The predicted molar refractivity (Wildman–Crippen MR) is 77.2 cm³/mol. The predicted octanol–water partition coefficient (Wildman–Crippen LogP) is 2.58. The van der Waals surface area contributed by atoms with Gasteiger partial charge in [0.25, 0.3) is 0 Å². The van der Waals surface area contributed by atoms with Gasteiger partial charge < -0.3 is 15.4 Å². The number of rotatable bonds is 5. The number of nitrogens with one attached hydrogen (secondary N) is 2. The molecular formula is C14H16N4O2. The molecule has 0 saturated carbocycles. The van der Waals surface area contributed by atoms with Gasteiger partial charge in [0.15, 0.2) is 0 Å². The van der Waals surface area contributed by atoms with Crippen molar-refractivity contribution in [3.05, 3.63) is 36.7 Å². The van der Waals surface area contributed by atoms with Crippen LogP contribution in [0.15, 0.2) is 36.7 Å². The number of hydrogen-bond donors (Lipinski definition) is 2. The van der Waals surface area contributed by atoms with Crippen LogP contribution in [-0.4, -0.2) is 23.0 Å². The van der Waals surface area contributed by atoms with Crippen LogP contribution >= 0.6 is 0 Å². The van der Waals surface area contributed by atoms with E-state index in [9.17, 15) is 4.79 Å². The standard InChI is InChI=1S/C14H16N4O2/c1-3-13(19)17-11-8-15-14(16-9-11)18-10-4-6-12(20-2)7-5-10/h4-9H,3H2,1-2H3,(H,17,19)(H,15,16,18). The van der Waals surface area contributed by atoms with Gasteiger partial charge in [-0.2, -0.15) is 0 Å². The van der Waals surface area contributed by atoms with E-state index in [1.807, 2.05) is 24.3 Å². The monoisotopic (exact) mass is 272 g/mol. The van der Waals surface area contributed by atoms with Crippen molar-refractivity contribution in [2.24, 2.45) is 0 Å². The maximum Gasteiger partial charge on any atom is 0.227 e. The van der Waals surface area contributed by atoms with Crippen molar-refractivity contribution < 1.29 is 9.53 Å². The molecule has 0 radical (unpaired) electrons. The molecule has 1 heterocycles. The van der Waals surface area contributed by atoms with Gasteiger partial charge in [0.1, 0.15) is 5.75 Å². The van der Waals surface area contributed by atoms with Gasteiger partial charge >= 0.3 is 0 Å². The third kappa shape index (κ3) is 3.68. The molecule has 20 heavy (non-hydrogen) atoms. The molecule has 6 nitrogen and oxygen atoms in total. The first-order valence-electron chi connectivity index (χ1n) is 6.24. The van der Waals surface area contributed by atoms with Crippen molar-refractivity contribution in [1.29, 1.82) is 0 Å². The molecule has 2 aromatic rings. The molecule has 6 heteroatoms. The number of aromatic nitrogens is 2. The van der Waals surface area contributed by atoms with Crippen molar-refractivity contribution >= 4 is 23.2 Å². The van der Waals surface area contributed by atoms with E-state index in [-0.39, 0.29) is 5.91 Å². The van der Waals surface area contributed by atoms with Gasteiger partial charge in [0.2, 0.25) is 11.9 Å². The average molecular weight is 272 g/mol. The maximum atomic E-state index is 11.2. The second kappa shape index (κ2) is 6.51. The Bertz CT molecular complexity index is 567. The lowest BCUT2D eigenvalue weighted by molar-refractivity contribution is -0.115. The van der Waals surface area contributed by atoms with Crippen molar-refractivity contribution in [2.75, 3.05) is 17.7 Å². The normalized spacial score (nSPS) is 9.90. The van der Waals surface area contributed by atoms with Crippen molar-refractivity contribution in [3.63, 3.8) is 0 Å². The zero-order valence-electron chi connectivity index (χ0n) is 11.4. The smallest absolute Gasteiger partial charge is 0.227 e. The maximum absolute atomic E-state index is 11.2. The largest absolute Gasteiger partial charge is 0.497 e. The number of amides is 1. The zero-order valence-corrected chi connectivity index (χ0v) is 11.4. The topological polar surface area (TPSA) is 76.1 Å². The highest BCUT2D eigenvalue weighted by Crippen LogP contribution is 2.18. The van der Waals surface area contributed by atoms with Gasteiger partial charge in [-0.3, -0.25) is 4.79 Å². The van der Waals surface area contributed by atoms with Crippen LogP contribution < -0.4 is 15.4 Å². The molecule has 0 fully saturated rings. The Hall–Kier alpha value is -2.63. The molecule has 0 atom stereocenters. The summed E-state index contributed by atoms with van der Waals surface area (Å²) < 4.78 is 5.08. The van der Waals surface area contributed by atoms with Crippen molar-refractivity contribution in [1.82, 2.24) is 9.97 Å². The van der Waals surface area contributed by atoms with E-state index in [0.29, 0.717) is 18.1 Å². The highest BCUT2D eigenvalue weighted by atomic mass is 16.5. The summed E-state index contributed by atoms with van der Waals surface area (Å²) in [5, 5.41) is 5.75. The average Bonchev–Trinajstić information content (AvgIpc) is 2.50. The van der Waals surface area contributed by atoms with Crippen LogP contribution in [0.4, 0.5) is 17.3 Å². The summed E-state index contributed by atoms with van der Waals surface area (Å²) in [5.74, 6) is 1.18. The van der Waals surface area contributed by atoms with Crippen LogP contribution in [-0.2, 0) is 4.79 Å². The third-order valence-electron chi connectivity index (χ3n) is 2.60. The fourth-order valence-electron chi connectivity index (χ4n) is 1.51. The number of ether oxygens (including phenoxy) is 1. The number of methoxy groups -OCH3 is 1. The molecule has 1 aromatic heterocycles. The first-order valence-corrected chi connectivity index (χ1v) is 6.24. The van der Waals surface area contributed by atoms with Crippen LogP contribution in [0.25, 0.3) is 0 Å². The van der Waals surface area contributed by atoms with E-state index in [0.717, 1.165) is 11.4 Å². The Morgan fingerprint density at radius 1 is 1.15 bits per heavy atom. The fourth-order valence-corrected chi connectivity index (χ4v) is 1.51. The van der Waals surface area contributed by atoms with Gasteiger partial charge in [-0.05, 0) is 24.3 Å². The van der Waals surface area contributed by atoms with Crippen molar-refractivity contribution in [2.45, 2.75) is 13.3 Å². The number of hydrogen-bond acceptors (Lipinski definition) is 5. The van der Waals surface area contributed by atoms with Gasteiger partial charge in [0, 0.05) is 12.1 Å². The molecule has 0 spiro atoms. The Morgan fingerprint density at radius 2 is 1.80 bits per heavy atom. The summed E-state index contributed by atoms with van der Waals surface area (Å²) in [6, 6.07) is 7.43. The van der Waals surface area contributed by atoms with E-state index < -0.39 is 0 Å². The van der Waals surface area contributed by atoms with Gasteiger partial charge in [-0.1, -0.05) is 6.92 Å². The summed E-state index contributed by atoms with van der Waals surface area (Å²) in [6.07, 6.45) is 3.55. The molecule has 0 aliphatic rings. The first-order chi connectivity index (χ1) is 9.71. The fraction of sp³-hybridized carbons (Fsp3) is 0.214. The molecule has 104 valence electrons. The SMILES string of the molecule is CCC(=O)Nc1cnc(Nc2ccc(OC)cc2)nc1. The van der Waals surface area contributed by atoms with Crippen LogP contribution in [0.5, 0.6) is 5.75 Å². The van der Waals surface area contributed by atoms with Gasteiger partial charge in [0.05, 0.1) is 25.2 Å². The summed E-state index contributed by atoms with van der Waals surface area (Å²) >= 11 is 0. The second-order valence-corrected chi connectivity index (χ2v) is 4.05. The number of anilines is 3. The molecule has 1 amide bonds. The van der Waals surface area contributed by atoms with Crippen LogP contribution in [0.3, 0.4) is 0 Å². The minimum absolute atomic E-state index is 0.0653. The molecule has 0 bridgehead atoms. The molecule has 0 aliphatic heterocycles. The quantitative estimate of drug-likeness (QED) is 0.874. The molecule has 0 unspecified atom stereocenters. The van der Waals surface area contributed by atoms with Crippen LogP contribution in [0, 0.1) is 0 Å². The van der Waals surface area contributed by atoms with E-state index in [1.54, 1.807) is 26.4 Å². The highest BCUT2D eigenvalue weighted by Gasteiger charge is 2.02. The number of benzene rings is 1. The highest BCUT2D eigenvalue weighted by molar-refractivity contribution is 5.90. The number of carbonyl (C=O) groups excluding carboxylic acids is 1. The summed E-state index contributed by atoms with van der Waals surface area (Å²) in [7, 11) is 1.62. The molecule has 0 saturated heterocycles. The Morgan fingerprint density at radius 3 is 2.35 bits per heavy atom. The minimum Gasteiger partial charge on any atom is -0.497 e. The van der Waals surface area contributed by atoms with E-state index in [1.165, 1.54) is 0 Å². The Kier molecular flexibility index (Phi) is 4.49. The number of nitrogens with zero attached hydrogens (tertiary/aromatic N) is 2. The first kappa shape index (κ1) is 13.8. The number of carbonyl (C=O) groups is 1. The molecule has 2 rings (SSSR count). The van der Waals surface area contributed by atoms with Crippen LogP contribution in [0.1, 0.15) is 13.3 Å². The summed E-state index contributed by atoms with van der Waals surface area (Å²) in [5.41, 5.74) is 1.44. The summed E-state index contributed by atoms with van der Waals surface area (Å²) in [4.78, 5) is 19.5. The van der Waals surface area contributed by atoms with E-state index in [4.69, 9.17) is 4.74 Å². The third-order valence-corrected chi connectivity index (χ3v) is 2.60. The van der Waals surface area contributed by atoms with Gasteiger partial charge in [-0.25, -0.2) is 9.97 Å². The van der Waals surface area contributed by atoms with E-state index >= 15 is 0 Å². The van der Waals surface area contributed by atoms with Crippen LogP contribution in [0.2, 0.25) is 0 Å². The van der Waals surface area contributed by atoms with Gasteiger partial charge in [-0.15, -0.1) is 0 Å². The minimum atomic E-state index is -0.0653. The zero-order chi connectivity index (χ0) is 14.4. The van der Waals surface area contributed by atoms with E-state index in [2.05, 4.69) is 20.6 Å². The lowest BCUT2D eigenvalue weighted by Gasteiger charge is -2.07. The molecular weight excluding hydrogens is 256 g/mol. The van der Waals surface area contributed by atoms with Crippen molar-refractivity contribution in [3.8, 4) is 5.75 Å². The summed E-state index contributed by atoms with van der Waals surface area (Å²) in [6.45, 7) is 1.79. The molecule has 2 N–H and O–H groups in total. The Balaban J connectivity index is 2.00.